The van der Waals surface area contributed by atoms with Crippen LogP contribution in [0.5, 0.6) is 11.5 Å². The van der Waals surface area contributed by atoms with E-state index in [1.807, 2.05) is 60.7 Å². The molecule has 1 aromatic heterocycles. The van der Waals surface area contributed by atoms with Crippen molar-refractivity contribution < 1.29 is 9.53 Å². The highest BCUT2D eigenvalue weighted by atomic mass is 16.5. The Hall–Kier alpha value is -3.18. The quantitative estimate of drug-likeness (QED) is 0.728. The van der Waals surface area contributed by atoms with E-state index in [0.29, 0.717) is 17.2 Å². The Kier molecular flexibility index (Phi) is 4.85. The average molecular weight is 359 g/mol. The van der Waals surface area contributed by atoms with Crippen molar-refractivity contribution in [1.29, 1.82) is 0 Å². The Morgan fingerprint density at radius 2 is 1.74 bits per heavy atom. The number of primary amides is 1. The molecule has 2 heterocycles. The van der Waals surface area contributed by atoms with Crippen molar-refractivity contribution >= 4 is 5.91 Å². The molecule has 136 valence electrons. The number of aromatic nitrogens is 1. The zero-order valence-corrected chi connectivity index (χ0v) is 14.9. The molecule has 0 spiro atoms. The molecule has 0 bridgehead atoms. The van der Waals surface area contributed by atoms with Crippen molar-refractivity contribution in [3.05, 3.63) is 78.0 Å². The van der Waals surface area contributed by atoms with Crippen molar-refractivity contribution in [2.24, 2.45) is 5.73 Å². The third-order valence-electron chi connectivity index (χ3n) is 4.77. The Bertz CT molecular complexity index is 934. The van der Waals surface area contributed by atoms with Crippen LogP contribution in [0.15, 0.2) is 66.7 Å². The van der Waals surface area contributed by atoms with Crippen LogP contribution in [0.2, 0.25) is 0 Å². The van der Waals surface area contributed by atoms with Crippen molar-refractivity contribution in [1.82, 2.24) is 10.3 Å². The molecule has 1 aliphatic heterocycles. The summed E-state index contributed by atoms with van der Waals surface area (Å²) in [5.41, 5.74) is 8.46. The highest BCUT2D eigenvalue weighted by Crippen LogP contribution is 2.29. The minimum atomic E-state index is -0.474. The number of nitrogens with two attached hydrogens (primary N) is 1. The molecular formula is C22H21N3O2. The molecule has 1 fully saturated rings. The number of para-hydroxylation sites is 1. The van der Waals surface area contributed by atoms with Crippen molar-refractivity contribution in [2.45, 2.75) is 12.3 Å². The van der Waals surface area contributed by atoms with Crippen LogP contribution >= 0.6 is 0 Å². The molecule has 3 aromatic rings. The van der Waals surface area contributed by atoms with Gasteiger partial charge in [0.1, 0.15) is 11.5 Å². The van der Waals surface area contributed by atoms with E-state index in [1.165, 1.54) is 0 Å². The van der Waals surface area contributed by atoms with Crippen molar-refractivity contribution in [2.75, 3.05) is 13.1 Å². The summed E-state index contributed by atoms with van der Waals surface area (Å²) in [5.74, 6) is 1.39. The Morgan fingerprint density at radius 1 is 1.00 bits per heavy atom. The maximum Gasteiger partial charge on any atom is 0.250 e. The van der Waals surface area contributed by atoms with E-state index in [9.17, 15) is 4.79 Å². The molecule has 3 N–H and O–H groups in total. The molecule has 1 unspecified atom stereocenters. The Morgan fingerprint density at radius 3 is 2.41 bits per heavy atom. The van der Waals surface area contributed by atoms with Crippen LogP contribution in [0.25, 0.3) is 11.3 Å². The number of ether oxygens (including phenoxy) is 1. The first-order valence-electron chi connectivity index (χ1n) is 9.05. The van der Waals surface area contributed by atoms with Gasteiger partial charge in [-0.2, -0.15) is 0 Å². The minimum Gasteiger partial charge on any atom is -0.457 e. The summed E-state index contributed by atoms with van der Waals surface area (Å²) in [6, 6.07) is 20.9. The van der Waals surface area contributed by atoms with Crippen LogP contribution in [-0.2, 0) is 0 Å². The number of nitrogens with one attached hydrogen (secondary N) is 1. The van der Waals surface area contributed by atoms with Crippen molar-refractivity contribution in [3.8, 4) is 22.8 Å². The van der Waals surface area contributed by atoms with Gasteiger partial charge in [-0.15, -0.1) is 0 Å². The second kappa shape index (κ2) is 7.60. The third-order valence-corrected chi connectivity index (χ3v) is 4.77. The molecule has 0 saturated carbocycles. The summed E-state index contributed by atoms with van der Waals surface area (Å²) in [5, 5.41) is 3.35. The smallest absolute Gasteiger partial charge is 0.250 e. The van der Waals surface area contributed by atoms with Crippen LogP contribution in [0.1, 0.15) is 28.4 Å². The predicted octanol–water partition coefficient (Wildman–Crippen LogP) is 3.72. The van der Waals surface area contributed by atoms with Gasteiger partial charge in [0, 0.05) is 23.7 Å². The minimum absolute atomic E-state index is 0.367. The second-order valence-corrected chi connectivity index (χ2v) is 6.63. The van der Waals surface area contributed by atoms with Gasteiger partial charge < -0.3 is 15.8 Å². The van der Waals surface area contributed by atoms with E-state index in [-0.39, 0.29) is 0 Å². The number of benzene rings is 2. The number of amides is 1. The van der Waals surface area contributed by atoms with E-state index in [2.05, 4.69) is 5.32 Å². The lowest BCUT2D eigenvalue weighted by molar-refractivity contribution is 0.100. The molecule has 2 aromatic carbocycles. The van der Waals surface area contributed by atoms with Crippen molar-refractivity contribution in [3.63, 3.8) is 0 Å². The van der Waals surface area contributed by atoms with Gasteiger partial charge in [0.25, 0.3) is 5.91 Å². The van der Waals surface area contributed by atoms with Gasteiger partial charge in [-0.1, -0.05) is 18.2 Å². The molecule has 5 nitrogen and oxygen atoms in total. The Balaban J connectivity index is 1.64. The molecule has 0 aliphatic carbocycles. The van der Waals surface area contributed by atoms with E-state index in [0.717, 1.165) is 42.3 Å². The van der Waals surface area contributed by atoms with Gasteiger partial charge in [-0.25, -0.2) is 0 Å². The van der Waals surface area contributed by atoms with Gasteiger partial charge in [-0.3, -0.25) is 9.78 Å². The maximum atomic E-state index is 11.9. The number of carbonyl (C=O) groups excluding carboxylic acids is 1. The van der Waals surface area contributed by atoms with E-state index >= 15 is 0 Å². The number of rotatable bonds is 5. The zero-order valence-electron chi connectivity index (χ0n) is 14.9. The maximum absolute atomic E-state index is 11.9. The predicted molar refractivity (Wildman–Crippen MR) is 105 cm³/mol. The van der Waals surface area contributed by atoms with Gasteiger partial charge in [0.15, 0.2) is 0 Å². The van der Waals surface area contributed by atoms with E-state index in [1.54, 1.807) is 6.07 Å². The summed E-state index contributed by atoms with van der Waals surface area (Å²) >= 11 is 0. The molecular weight excluding hydrogens is 338 g/mol. The standard InChI is InChI=1S/C22H21N3O2/c23-22(26)19-10-11-20(16-12-13-24-14-16)25-21(19)15-6-8-18(9-7-15)27-17-4-2-1-3-5-17/h1-11,16,24H,12-14H2,(H2,23,26). The van der Waals surface area contributed by atoms with Crippen LogP contribution < -0.4 is 15.8 Å². The fraction of sp³-hybridized carbons (Fsp3) is 0.182. The second-order valence-electron chi connectivity index (χ2n) is 6.63. The molecule has 4 rings (SSSR count). The molecule has 1 amide bonds. The fourth-order valence-electron chi connectivity index (χ4n) is 3.33. The van der Waals surface area contributed by atoms with Crippen LogP contribution in [0.3, 0.4) is 0 Å². The number of carbonyl (C=O) groups is 1. The third kappa shape index (κ3) is 3.83. The molecule has 1 saturated heterocycles. The average Bonchev–Trinajstić information content (AvgIpc) is 3.24. The zero-order chi connectivity index (χ0) is 18.6. The monoisotopic (exact) mass is 359 g/mol. The summed E-state index contributed by atoms with van der Waals surface area (Å²) < 4.78 is 5.83. The molecule has 27 heavy (non-hydrogen) atoms. The molecule has 5 heteroatoms. The number of pyridine rings is 1. The van der Waals surface area contributed by atoms with Gasteiger partial charge in [0.05, 0.1) is 11.3 Å². The van der Waals surface area contributed by atoms with Gasteiger partial charge in [-0.05, 0) is 61.5 Å². The summed E-state index contributed by atoms with van der Waals surface area (Å²) in [6.07, 6.45) is 1.05. The fourth-order valence-corrected chi connectivity index (χ4v) is 3.33. The number of hydrogen-bond donors (Lipinski definition) is 2. The summed E-state index contributed by atoms with van der Waals surface area (Å²) in [6.45, 7) is 1.90. The lowest BCUT2D eigenvalue weighted by Gasteiger charge is -2.13. The Labute approximate surface area is 158 Å². The van der Waals surface area contributed by atoms with Crippen LogP contribution in [0, 0.1) is 0 Å². The van der Waals surface area contributed by atoms with Crippen LogP contribution in [-0.4, -0.2) is 24.0 Å². The first-order valence-corrected chi connectivity index (χ1v) is 9.05. The number of nitrogens with zero attached hydrogens (tertiary/aromatic N) is 1. The SMILES string of the molecule is NC(=O)c1ccc(C2CCNC2)nc1-c1ccc(Oc2ccccc2)cc1. The summed E-state index contributed by atoms with van der Waals surface area (Å²) in [4.78, 5) is 16.7. The normalized spacial score (nSPS) is 16.2. The highest BCUT2D eigenvalue weighted by Gasteiger charge is 2.21. The first kappa shape index (κ1) is 17.2. The topological polar surface area (TPSA) is 77.2 Å². The van der Waals surface area contributed by atoms with Gasteiger partial charge in [0.2, 0.25) is 0 Å². The van der Waals surface area contributed by atoms with E-state index in [4.69, 9.17) is 15.5 Å². The lowest BCUT2D eigenvalue weighted by Crippen LogP contribution is -2.15. The van der Waals surface area contributed by atoms with Gasteiger partial charge >= 0.3 is 0 Å². The lowest BCUT2D eigenvalue weighted by atomic mass is 9.99. The molecule has 1 atom stereocenters. The first-order chi connectivity index (χ1) is 13.2. The van der Waals surface area contributed by atoms with E-state index < -0.39 is 5.91 Å². The summed E-state index contributed by atoms with van der Waals surface area (Å²) in [7, 11) is 0. The highest BCUT2D eigenvalue weighted by molar-refractivity contribution is 5.98. The molecule has 0 radical (unpaired) electrons. The largest absolute Gasteiger partial charge is 0.457 e. The number of hydrogen-bond acceptors (Lipinski definition) is 4. The molecule has 1 aliphatic rings. The van der Waals surface area contributed by atoms with Crippen LogP contribution in [0.4, 0.5) is 0 Å².